The van der Waals surface area contributed by atoms with Crippen LogP contribution in [0.4, 0.5) is 0 Å². The van der Waals surface area contributed by atoms with Crippen molar-refractivity contribution >= 4 is 11.8 Å². The fraction of sp³-hybridized carbons (Fsp3) is 0.679. The Morgan fingerprint density at radius 2 is 1.86 bits per heavy atom. The first-order chi connectivity index (χ1) is 17.3. The molecule has 4 rings (SSSR count). The number of ether oxygens (including phenoxy) is 3. The molecule has 3 atom stereocenters. The van der Waals surface area contributed by atoms with E-state index in [4.69, 9.17) is 14.2 Å². The summed E-state index contributed by atoms with van der Waals surface area (Å²) in [5, 5.41) is 9.47. The molecule has 36 heavy (non-hydrogen) atoms. The third-order valence-electron chi connectivity index (χ3n) is 8.17. The molecule has 2 heterocycles. The number of nitriles is 1. The molecular formula is C28H39N3O5. The summed E-state index contributed by atoms with van der Waals surface area (Å²) in [7, 11) is 5.33. The van der Waals surface area contributed by atoms with Crippen LogP contribution >= 0.6 is 0 Å². The Balaban J connectivity index is 1.67. The first kappa shape index (κ1) is 26.4. The van der Waals surface area contributed by atoms with Crippen molar-refractivity contribution in [2.75, 3.05) is 40.9 Å². The maximum absolute atomic E-state index is 13.7. The molecule has 0 radical (unpaired) electrons. The van der Waals surface area contributed by atoms with Crippen molar-refractivity contribution in [2.24, 2.45) is 5.41 Å². The van der Waals surface area contributed by atoms with Crippen LogP contribution in [0.15, 0.2) is 18.2 Å². The van der Waals surface area contributed by atoms with Crippen LogP contribution in [0.2, 0.25) is 0 Å². The van der Waals surface area contributed by atoms with Crippen molar-refractivity contribution in [3.63, 3.8) is 0 Å². The number of amides is 2. The second kappa shape index (κ2) is 11.6. The summed E-state index contributed by atoms with van der Waals surface area (Å²) in [4.78, 5) is 30.6. The summed E-state index contributed by atoms with van der Waals surface area (Å²) in [6, 6.07) is 7.09. The first-order valence-corrected chi connectivity index (χ1v) is 13.2. The molecule has 2 bridgehead atoms. The van der Waals surface area contributed by atoms with Crippen LogP contribution in [0.25, 0.3) is 0 Å². The van der Waals surface area contributed by atoms with Crippen LogP contribution in [-0.2, 0) is 14.3 Å². The van der Waals surface area contributed by atoms with E-state index >= 15 is 0 Å². The molecule has 0 aromatic heterocycles. The fourth-order valence-electron chi connectivity index (χ4n) is 6.02. The average molecular weight is 498 g/mol. The number of benzene rings is 1. The zero-order valence-electron chi connectivity index (χ0n) is 21.8. The molecule has 1 aromatic carbocycles. The van der Waals surface area contributed by atoms with Gasteiger partial charge in [-0.05, 0) is 55.7 Å². The van der Waals surface area contributed by atoms with E-state index < -0.39 is 0 Å². The van der Waals surface area contributed by atoms with Crippen LogP contribution < -0.4 is 4.74 Å². The molecule has 1 saturated carbocycles. The standard InChI is InChI=1S/C28H39N3O5/c1-30-14-11-21-8-10-24(34-3)25(36-21)18-35-23-9-7-20(17-29)15-22(23)27(33)31(2)19-28(16-26(30)32)12-5-4-6-13-28/h7,9,15,21,24-25H,4-6,8,10-14,16,18-19H2,1-3H3/t21-,24+,25+/m1/s1. The van der Waals surface area contributed by atoms with Crippen LogP contribution in [0, 0.1) is 16.7 Å². The monoisotopic (exact) mass is 497 g/mol. The molecular weight excluding hydrogens is 458 g/mol. The van der Waals surface area contributed by atoms with Crippen LogP contribution in [0.3, 0.4) is 0 Å². The van der Waals surface area contributed by atoms with Gasteiger partial charge in [0.25, 0.3) is 5.91 Å². The van der Waals surface area contributed by atoms with Crippen molar-refractivity contribution < 1.29 is 23.8 Å². The quantitative estimate of drug-likeness (QED) is 0.587. The van der Waals surface area contributed by atoms with Gasteiger partial charge >= 0.3 is 0 Å². The number of methoxy groups -OCH3 is 1. The Morgan fingerprint density at radius 1 is 1.08 bits per heavy atom. The molecule has 8 heteroatoms. The largest absolute Gasteiger partial charge is 0.490 e. The molecule has 2 aliphatic heterocycles. The van der Waals surface area contributed by atoms with Gasteiger partial charge in [-0.1, -0.05) is 19.3 Å². The zero-order valence-corrected chi connectivity index (χ0v) is 21.8. The number of carbonyl (C=O) groups excluding carboxylic acids is 2. The first-order valence-electron chi connectivity index (χ1n) is 13.2. The van der Waals surface area contributed by atoms with Gasteiger partial charge in [0.1, 0.15) is 18.5 Å². The van der Waals surface area contributed by atoms with Gasteiger partial charge in [0.15, 0.2) is 0 Å². The van der Waals surface area contributed by atoms with Crippen LogP contribution in [-0.4, -0.2) is 80.8 Å². The lowest BCUT2D eigenvalue weighted by Gasteiger charge is -2.41. The number of hydrogen-bond donors (Lipinski definition) is 0. The van der Waals surface area contributed by atoms with E-state index in [2.05, 4.69) is 6.07 Å². The second-order valence-electron chi connectivity index (χ2n) is 10.8. The summed E-state index contributed by atoms with van der Waals surface area (Å²) in [5.74, 6) is 0.361. The Morgan fingerprint density at radius 3 is 2.58 bits per heavy atom. The lowest BCUT2D eigenvalue weighted by atomic mass is 9.71. The lowest BCUT2D eigenvalue weighted by molar-refractivity contribution is -0.146. The minimum Gasteiger partial charge on any atom is -0.490 e. The Hall–Kier alpha value is -2.63. The smallest absolute Gasteiger partial charge is 0.257 e. The van der Waals surface area contributed by atoms with E-state index in [0.717, 1.165) is 51.4 Å². The minimum absolute atomic E-state index is 0.0185. The van der Waals surface area contributed by atoms with E-state index in [1.54, 1.807) is 37.3 Å². The molecule has 1 aliphatic carbocycles. The minimum atomic E-state index is -0.288. The topological polar surface area (TPSA) is 92.1 Å². The van der Waals surface area contributed by atoms with E-state index in [1.807, 2.05) is 11.9 Å². The highest BCUT2D eigenvalue weighted by Crippen LogP contribution is 2.41. The predicted molar refractivity (Wildman–Crippen MR) is 135 cm³/mol. The Bertz CT molecular complexity index is 984. The molecule has 2 amide bonds. The molecule has 1 saturated heterocycles. The number of carbonyl (C=O) groups is 2. The lowest BCUT2D eigenvalue weighted by Crippen LogP contribution is -2.46. The SMILES string of the molecule is CO[C@H]1CC[C@@H]2CCN(C)C(=O)CC3(CCCCC3)CN(C)C(=O)c3cc(C#N)ccc3OC[C@@H]1O2. The highest BCUT2D eigenvalue weighted by atomic mass is 16.6. The van der Waals surface area contributed by atoms with E-state index in [-0.39, 0.29) is 42.1 Å². The third kappa shape index (κ3) is 6.01. The summed E-state index contributed by atoms with van der Waals surface area (Å²) in [5.41, 5.74) is 0.526. The third-order valence-corrected chi connectivity index (χ3v) is 8.17. The van der Waals surface area contributed by atoms with Crippen LogP contribution in [0.1, 0.15) is 73.7 Å². The van der Waals surface area contributed by atoms with Gasteiger partial charge in [-0.3, -0.25) is 9.59 Å². The van der Waals surface area contributed by atoms with Crippen molar-refractivity contribution in [1.29, 1.82) is 5.26 Å². The van der Waals surface area contributed by atoms with Gasteiger partial charge in [0.2, 0.25) is 5.91 Å². The van der Waals surface area contributed by atoms with Crippen molar-refractivity contribution in [3.8, 4) is 11.8 Å². The Kier molecular flexibility index (Phi) is 8.53. The molecule has 3 aliphatic rings. The molecule has 196 valence electrons. The van der Waals surface area contributed by atoms with Gasteiger partial charge < -0.3 is 24.0 Å². The maximum Gasteiger partial charge on any atom is 0.257 e. The summed E-state index contributed by atoms with van der Waals surface area (Å²) in [6.07, 6.45) is 7.68. The van der Waals surface area contributed by atoms with Crippen molar-refractivity contribution in [2.45, 2.75) is 76.1 Å². The number of rotatable bonds is 1. The molecule has 8 nitrogen and oxygen atoms in total. The van der Waals surface area contributed by atoms with Crippen molar-refractivity contribution in [1.82, 2.24) is 9.80 Å². The van der Waals surface area contributed by atoms with Crippen LogP contribution in [0.5, 0.6) is 5.75 Å². The maximum atomic E-state index is 13.7. The predicted octanol–water partition coefficient (Wildman–Crippen LogP) is 3.77. The van der Waals surface area contributed by atoms with Gasteiger partial charge in [-0.2, -0.15) is 5.26 Å². The van der Waals surface area contributed by atoms with Gasteiger partial charge in [-0.25, -0.2) is 0 Å². The highest BCUT2D eigenvalue weighted by molar-refractivity contribution is 5.97. The van der Waals surface area contributed by atoms with E-state index in [1.165, 1.54) is 0 Å². The number of hydrogen-bond acceptors (Lipinski definition) is 6. The Labute approximate surface area is 214 Å². The average Bonchev–Trinajstić information content (AvgIpc) is 2.89. The second-order valence-corrected chi connectivity index (χ2v) is 10.8. The summed E-state index contributed by atoms with van der Waals surface area (Å²) >= 11 is 0. The van der Waals surface area contributed by atoms with Gasteiger partial charge in [-0.15, -0.1) is 0 Å². The highest BCUT2D eigenvalue weighted by Gasteiger charge is 2.38. The molecule has 0 unspecified atom stereocenters. The summed E-state index contributed by atoms with van der Waals surface area (Å²) in [6.45, 7) is 1.38. The number of fused-ring (bicyclic) bond motifs is 3. The molecule has 0 N–H and O–H groups in total. The fourth-order valence-corrected chi connectivity index (χ4v) is 6.02. The number of nitrogens with zero attached hydrogens (tertiary/aromatic N) is 3. The zero-order chi connectivity index (χ0) is 25.7. The van der Waals surface area contributed by atoms with E-state index in [9.17, 15) is 14.9 Å². The molecule has 1 aromatic rings. The molecule has 1 spiro atoms. The summed E-state index contributed by atoms with van der Waals surface area (Å²) < 4.78 is 18.2. The van der Waals surface area contributed by atoms with E-state index in [0.29, 0.717) is 36.4 Å². The normalized spacial score (nSPS) is 27.8. The van der Waals surface area contributed by atoms with Gasteiger partial charge in [0.05, 0.1) is 29.4 Å². The van der Waals surface area contributed by atoms with Crippen molar-refractivity contribution in [3.05, 3.63) is 29.3 Å². The van der Waals surface area contributed by atoms with Gasteiger partial charge in [0, 0.05) is 40.7 Å². The molecule has 2 fully saturated rings.